The number of nitrogens with one attached hydrogen (secondary N) is 1. The van der Waals surface area contributed by atoms with Gasteiger partial charge in [0.15, 0.2) is 11.3 Å². The molecule has 4 aromatic rings. The minimum absolute atomic E-state index is 0.115. The molecule has 1 atom stereocenters. The van der Waals surface area contributed by atoms with Crippen LogP contribution in [-0.4, -0.2) is 46.8 Å². The summed E-state index contributed by atoms with van der Waals surface area (Å²) in [6.45, 7) is 0.158. The van der Waals surface area contributed by atoms with Crippen molar-refractivity contribution >= 4 is 40.3 Å². The van der Waals surface area contributed by atoms with Crippen molar-refractivity contribution in [1.82, 2.24) is 14.9 Å². The number of hydrogen-bond donors (Lipinski definition) is 1. The maximum Gasteiger partial charge on any atom is 0.262 e. The molecule has 0 aliphatic carbocycles. The average molecular weight is 459 g/mol. The van der Waals surface area contributed by atoms with E-state index in [0.29, 0.717) is 11.4 Å². The summed E-state index contributed by atoms with van der Waals surface area (Å²) in [5, 5.41) is 3.34. The molecule has 0 saturated carbocycles. The van der Waals surface area contributed by atoms with Crippen molar-refractivity contribution in [3.8, 4) is 11.4 Å². The molecule has 3 aromatic carbocycles. The number of thioether (sulfide) groups is 1. The Kier molecular flexibility index (Phi) is 5.75. The van der Waals surface area contributed by atoms with E-state index in [1.54, 1.807) is 18.0 Å². The number of nitrogens with zero attached hydrogens (tertiary/aromatic N) is 3. The largest absolute Gasteiger partial charge is 0.477 e. The molecule has 2 amide bonds. The van der Waals surface area contributed by atoms with Crippen LogP contribution < -0.4 is 15.0 Å². The molecule has 0 saturated heterocycles. The predicted molar refractivity (Wildman–Crippen MR) is 129 cm³/mol. The van der Waals surface area contributed by atoms with Crippen LogP contribution in [0.2, 0.25) is 0 Å². The SMILES string of the molecule is CNC(=O)C1CN(C(=O)CSc2nc3ccccc3n2-c2ccccc2)c2ccccc2O1. The molecule has 1 aromatic heterocycles. The first-order valence-corrected chi connectivity index (χ1v) is 11.6. The highest BCUT2D eigenvalue weighted by atomic mass is 32.2. The smallest absolute Gasteiger partial charge is 0.262 e. The van der Waals surface area contributed by atoms with Gasteiger partial charge in [0.05, 0.1) is 29.0 Å². The van der Waals surface area contributed by atoms with E-state index in [0.717, 1.165) is 21.9 Å². The predicted octanol–water partition coefficient (Wildman–Crippen LogP) is 3.66. The topological polar surface area (TPSA) is 76.5 Å². The summed E-state index contributed by atoms with van der Waals surface area (Å²) in [4.78, 5) is 32.0. The Balaban J connectivity index is 1.43. The van der Waals surface area contributed by atoms with Crippen molar-refractivity contribution < 1.29 is 14.3 Å². The van der Waals surface area contributed by atoms with Gasteiger partial charge in [-0.1, -0.05) is 54.2 Å². The number of rotatable bonds is 5. The van der Waals surface area contributed by atoms with Gasteiger partial charge in [0.1, 0.15) is 5.75 Å². The number of likely N-dealkylation sites (N-methyl/N-ethyl adjacent to an activating group) is 1. The van der Waals surface area contributed by atoms with Crippen LogP contribution in [0.4, 0.5) is 5.69 Å². The molecule has 1 N–H and O–H groups in total. The van der Waals surface area contributed by atoms with E-state index < -0.39 is 6.10 Å². The van der Waals surface area contributed by atoms with Gasteiger partial charge < -0.3 is 15.0 Å². The molecule has 0 radical (unpaired) electrons. The van der Waals surface area contributed by atoms with Crippen LogP contribution in [0.25, 0.3) is 16.7 Å². The highest BCUT2D eigenvalue weighted by Crippen LogP contribution is 2.34. The van der Waals surface area contributed by atoms with Gasteiger partial charge in [-0.3, -0.25) is 14.2 Å². The third-order valence-electron chi connectivity index (χ3n) is 5.48. The van der Waals surface area contributed by atoms with Gasteiger partial charge >= 0.3 is 0 Å². The molecule has 7 nitrogen and oxygen atoms in total. The quantitative estimate of drug-likeness (QED) is 0.462. The molecule has 8 heteroatoms. The van der Waals surface area contributed by atoms with Gasteiger partial charge in [-0.15, -0.1) is 0 Å². The zero-order valence-electron chi connectivity index (χ0n) is 18.0. The number of aromatic nitrogens is 2. The van der Waals surface area contributed by atoms with Gasteiger partial charge in [-0.2, -0.15) is 0 Å². The fourth-order valence-corrected chi connectivity index (χ4v) is 4.80. The van der Waals surface area contributed by atoms with Crippen molar-refractivity contribution in [2.75, 3.05) is 24.2 Å². The van der Waals surface area contributed by atoms with Crippen molar-refractivity contribution in [2.45, 2.75) is 11.3 Å². The first-order valence-electron chi connectivity index (χ1n) is 10.6. The standard InChI is InChI=1S/C25H22N4O3S/c1-26-24(31)22-15-28(20-13-7-8-14-21(20)32-22)23(30)16-33-25-27-18-11-5-6-12-19(18)29(25)17-9-3-2-4-10-17/h2-14,22H,15-16H2,1H3,(H,26,31). The lowest BCUT2D eigenvalue weighted by atomic mass is 10.2. The third-order valence-corrected chi connectivity index (χ3v) is 6.41. The van der Waals surface area contributed by atoms with Crippen LogP contribution in [0.3, 0.4) is 0 Å². The van der Waals surface area contributed by atoms with Gasteiger partial charge in [0, 0.05) is 12.7 Å². The van der Waals surface area contributed by atoms with E-state index in [1.165, 1.54) is 11.8 Å². The molecule has 0 bridgehead atoms. The second-order valence-corrected chi connectivity index (χ2v) is 8.48. The van der Waals surface area contributed by atoms with E-state index in [1.807, 2.05) is 72.8 Å². The van der Waals surface area contributed by atoms with Crippen molar-refractivity contribution in [1.29, 1.82) is 0 Å². The van der Waals surface area contributed by atoms with E-state index in [4.69, 9.17) is 9.72 Å². The second-order valence-electron chi connectivity index (χ2n) is 7.54. The first kappa shape index (κ1) is 21.1. The van der Waals surface area contributed by atoms with Crippen molar-refractivity contribution in [3.63, 3.8) is 0 Å². The zero-order chi connectivity index (χ0) is 22.8. The summed E-state index contributed by atoms with van der Waals surface area (Å²) in [7, 11) is 1.56. The molecule has 166 valence electrons. The monoisotopic (exact) mass is 458 g/mol. The molecular formula is C25H22N4O3S. The number of fused-ring (bicyclic) bond motifs is 2. The van der Waals surface area contributed by atoms with Crippen molar-refractivity contribution in [2.24, 2.45) is 0 Å². The number of amides is 2. The maximum atomic E-state index is 13.3. The fraction of sp³-hybridized carbons (Fsp3) is 0.160. The minimum Gasteiger partial charge on any atom is -0.477 e. The zero-order valence-corrected chi connectivity index (χ0v) is 18.8. The summed E-state index contributed by atoms with van der Waals surface area (Å²) in [6.07, 6.45) is -0.757. The summed E-state index contributed by atoms with van der Waals surface area (Å²) >= 11 is 1.38. The number of carbonyl (C=O) groups excluding carboxylic acids is 2. The number of benzene rings is 3. The fourth-order valence-electron chi connectivity index (χ4n) is 3.90. The number of imidazole rings is 1. The van der Waals surface area contributed by atoms with Crippen LogP contribution in [0.15, 0.2) is 84.0 Å². The number of para-hydroxylation sites is 5. The lowest BCUT2D eigenvalue weighted by Gasteiger charge is -2.34. The number of carbonyl (C=O) groups is 2. The van der Waals surface area contributed by atoms with Crippen LogP contribution in [0.5, 0.6) is 5.75 Å². The molecule has 1 unspecified atom stereocenters. The molecule has 0 fully saturated rings. The summed E-state index contributed by atoms with van der Waals surface area (Å²) in [5.41, 5.74) is 3.50. The number of anilines is 1. The average Bonchev–Trinajstić information content (AvgIpc) is 3.25. The number of ether oxygens (including phenoxy) is 1. The van der Waals surface area contributed by atoms with E-state index in [9.17, 15) is 9.59 Å². The van der Waals surface area contributed by atoms with E-state index in [2.05, 4.69) is 9.88 Å². The van der Waals surface area contributed by atoms with Crippen LogP contribution >= 0.6 is 11.8 Å². The van der Waals surface area contributed by atoms with Gasteiger partial charge in [0.2, 0.25) is 5.91 Å². The van der Waals surface area contributed by atoms with Gasteiger partial charge in [-0.05, 0) is 36.4 Å². The van der Waals surface area contributed by atoms with E-state index >= 15 is 0 Å². The Bertz CT molecular complexity index is 1320. The lowest BCUT2D eigenvalue weighted by Crippen LogP contribution is -2.50. The molecule has 2 heterocycles. The van der Waals surface area contributed by atoms with Gasteiger partial charge in [0.25, 0.3) is 5.91 Å². The Morgan fingerprint density at radius 2 is 1.76 bits per heavy atom. The van der Waals surface area contributed by atoms with Crippen LogP contribution in [-0.2, 0) is 9.59 Å². The third kappa shape index (κ3) is 4.05. The van der Waals surface area contributed by atoms with Crippen molar-refractivity contribution in [3.05, 3.63) is 78.9 Å². The molecular weight excluding hydrogens is 436 g/mol. The molecule has 0 spiro atoms. The van der Waals surface area contributed by atoms with E-state index in [-0.39, 0.29) is 24.1 Å². The molecule has 1 aliphatic heterocycles. The Hall–Kier alpha value is -3.78. The Morgan fingerprint density at radius 3 is 2.58 bits per heavy atom. The maximum absolute atomic E-state index is 13.3. The highest BCUT2D eigenvalue weighted by Gasteiger charge is 2.33. The second kappa shape index (κ2) is 8.99. The summed E-state index contributed by atoms with van der Waals surface area (Å²) < 4.78 is 7.88. The molecule has 33 heavy (non-hydrogen) atoms. The highest BCUT2D eigenvalue weighted by molar-refractivity contribution is 7.99. The Morgan fingerprint density at radius 1 is 1.03 bits per heavy atom. The number of hydrogen-bond acceptors (Lipinski definition) is 5. The minimum atomic E-state index is -0.757. The molecule has 5 rings (SSSR count). The lowest BCUT2D eigenvalue weighted by molar-refractivity contribution is -0.127. The van der Waals surface area contributed by atoms with Crippen LogP contribution in [0.1, 0.15) is 0 Å². The van der Waals surface area contributed by atoms with Crippen LogP contribution in [0, 0.1) is 0 Å². The Labute approximate surface area is 195 Å². The normalized spacial score (nSPS) is 15.1. The summed E-state index contributed by atoms with van der Waals surface area (Å²) in [5.74, 6) is 0.315. The first-order chi connectivity index (χ1) is 16.2. The molecule has 1 aliphatic rings. The summed E-state index contributed by atoms with van der Waals surface area (Å²) in [6, 6.07) is 25.2. The van der Waals surface area contributed by atoms with Gasteiger partial charge in [-0.25, -0.2) is 4.98 Å².